The molecule has 1 saturated heterocycles. The molecule has 0 spiro atoms. The zero-order valence-corrected chi connectivity index (χ0v) is 26.3. The highest BCUT2D eigenvalue weighted by Crippen LogP contribution is 2.68. The van der Waals surface area contributed by atoms with Crippen LogP contribution < -0.4 is 0 Å². The van der Waals surface area contributed by atoms with Crippen molar-refractivity contribution in [1.82, 2.24) is 0 Å². The molecule has 1 heterocycles. The zero-order chi connectivity index (χ0) is 30.1. The Balaban J connectivity index is 0.00000143. The summed E-state index contributed by atoms with van der Waals surface area (Å²) in [6, 6.07) is 0. The number of carbonyl (C=O) groups is 4. The molecule has 8 heteroatoms. The maximum absolute atomic E-state index is 13.1. The molecule has 282 valence electrons. The Morgan fingerprint density at radius 2 is 1.50 bits per heavy atom. The lowest BCUT2D eigenvalue weighted by Crippen LogP contribution is -2.41. The first kappa shape index (κ1) is 45.9. The van der Waals surface area contributed by atoms with E-state index in [2.05, 4.69) is 0 Å². The average Bonchev–Trinajstić information content (AvgIpc) is 3.72. The van der Waals surface area contributed by atoms with E-state index in [9.17, 15) is 19.2 Å². The van der Waals surface area contributed by atoms with Gasteiger partial charge in [0.05, 0.1) is 23.7 Å². The van der Waals surface area contributed by atoms with Crippen molar-refractivity contribution >= 4 is 23.9 Å². The fourth-order valence-corrected chi connectivity index (χ4v) is 10.7. The van der Waals surface area contributed by atoms with Crippen molar-refractivity contribution in [2.75, 3.05) is 0 Å². The number of ether oxygens (including phenoxy) is 4. The highest BCUT2D eigenvalue weighted by atomic mass is 16.7. The third-order valence-corrected chi connectivity index (χ3v) is 11.9. The quantitative estimate of drug-likeness (QED) is 0.149. The molecule has 7 aliphatic rings. The SMILES string of the molecule is C.C.C.C.C.C.CC(=O)OC(C)(C)C.CCC(CC(C)C(=O)OC1CC2CC1C1C3CCC(C3)C21)C(=O)OC12CC3CC(C(=O)O1)C2C3. The molecule has 0 aromatic heterocycles. The molecule has 6 aliphatic carbocycles. The van der Waals surface area contributed by atoms with Crippen LogP contribution in [-0.4, -0.2) is 41.4 Å². The summed E-state index contributed by atoms with van der Waals surface area (Å²) in [4.78, 5) is 48.7. The molecule has 8 nitrogen and oxygen atoms in total. The van der Waals surface area contributed by atoms with Gasteiger partial charge in [0.2, 0.25) is 0 Å². The first-order valence-electron chi connectivity index (χ1n) is 16.6. The number of carbonyl (C=O) groups excluding carboxylic acids is 4. The van der Waals surface area contributed by atoms with Gasteiger partial charge < -0.3 is 18.9 Å². The number of hydrogen-bond donors (Lipinski definition) is 0. The lowest BCUT2D eigenvalue weighted by atomic mass is 9.70. The summed E-state index contributed by atoms with van der Waals surface area (Å²) in [5, 5.41) is 0. The largest absolute Gasteiger partial charge is 0.462 e. The summed E-state index contributed by atoms with van der Waals surface area (Å²) in [6.07, 6.45) is 10.0. The lowest BCUT2D eigenvalue weighted by molar-refractivity contribution is -0.226. The van der Waals surface area contributed by atoms with Crippen LogP contribution in [0.5, 0.6) is 0 Å². The molecule has 1 aliphatic heterocycles. The Hall–Kier alpha value is -2.12. The summed E-state index contributed by atoms with van der Waals surface area (Å²) in [7, 11) is 0. The molecule has 0 N–H and O–H groups in total. The van der Waals surface area contributed by atoms with Crippen LogP contribution in [0.1, 0.15) is 150 Å². The molecule has 6 bridgehead atoms. The second kappa shape index (κ2) is 16.7. The summed E-state index contributed by atoms with van der Waals surface area (Å²) >= 11 is 0. The van der Waals surface area contributed by atoms with Gasteiger partial charge in [-0.2, -0.15) is 0 Å². The summed E-state index contributed by atoms with van der Waals surface area (Å²) in [6.45, 7) is 10.8. The second-order valence-corrected chi connectivity index (χ2v) is 15.7. The molecule has 0 amide bonds. The normalized spacial score (nSPS) is 37.5. The van der Waals surface area contributed by atoms with E-state index >= 15 is 0 Å². The Kier molecular flexibility index (Phi) is 16.0. The van der Waals surface area contributed by atoms with Gasteiger partial charge in [-0.3, -0.25) is 19.2 Å². The Labute approximate surface area is 294 Å². The minimum absolute atomic E-state index is 0. The Morgan fingerprint density at radius 3 is 2.04 bits per heavy atom. The van der Waals surface area contributed by atoms with Crippen LogP contribution in [0.25, 0.3) is 0 Å². The van der Waals surface area contributed by atoms with Crippen molar-refractivity contribution in [2.24, 2.45) is 65.1 Å². The molecule has 7 fully saturated rings. The Morgan fingerprint density at radius 1 is 0.875 bits per heavy atom. The highest BCUT2D eigenvalue weighted by Gasteiger charge is 2.68. The van der Waals surface area contributed by atoms with E-state index in [1.807, 2.05) is 34.6 Å². The molecule has 13 atom stereocenters. The van der Waals surface area contributed by atoms with Crippen molar-refractivity contribution in [3.05, 3.63) is 0 Å². The first-order chi connectivity index (χ1) is 19.8. The fourth-order valence-electron chi connectivity index (χ4n) is 10.7. The predicted molar refractivity (Wildman–Crippen MR) is 193 cm³/mol. The molecule has 0 aromatic carbocycles. The van der Waals surface area contributed by atoms with E-state index in [-0.39, 0.29) is 104 Å². The van der Waals surface area contributed by atoms with Crippen molar-refractivity contribution in [3.8, 4) is 0 Å². The number of fused-ring (bicyclic) bond motifs is 10. The molecular formula is C40H74O8. The van der Waals surface area contributed by atoms with E-state index in [1.54, 1.807) is 0 Å². The first-order valence-corrected chi connectivity index (χ1v) is 16.6. The van der Waals surface area contributed by atoms with Crippen molar-refractivity contribution in [1.29, 1.82) is 0 Å². The Bertz CT molecular complexity index is 1110. The van der Waals surface area contributed by atoms with E-state index in [0.29, 0.717) is 31.1 Å². The smallest absolute Gasteiger partial charge is 0.312 e. The minimum atomic E-state index is -1.04. The second-order valence-electron chi connectivity index (χ2n) is 15.7. The van der Waals surface area contributed by atoms with Crippen LogP contribution >= 0.6 is 0 Å². The molecule has 0 aromatic rings. The van der Waals surface area contributed by atoms with Crippen molar-refractivity contribution < 1.29 is 38.1 Å². The fraction of sp³-hybridized carbons (Fsp3) is 0.900. The van der Waals surface area contributed by atoms with E-state index in [0.717, 1.165) is 48.9 Å². The molecule has 13 unspecified atom stereocenters. The molecular weight excluding hydrogens is 608 g/mol. The van der Waals surface area contributed by atoms with Gasteiger partial charge in [0.15, 0.2) is 0 Å². The van der Waals surface area contributed by atoms with Gasteiger partial charge in [-0.1, -0.05) is 58.4 Å². The van der Waals surface area contributed by atoms with Crippen molar-refractivity contribution in [3.63, 3.8) is 0 Å². The van der Waals surface area contributed by atoms with E-state index in [4.69, 9.17) is 18.9 Å². The van der Waals surface area contributed by atoms with Crippen LogP contribution in [0.4, 0.5) is 0 Å². The van der Waals surface area contributed by atoms with E-state index in [1.165, 1.54) is 32.6 Å². The standard InChI is InChI=1S/C28H38O6.C6H12O2.6CH4/c1-3-15(26(30)33-28-12-14-7-19(21(28)8-14)27(31)34-28)6-13(2)25(29)32-22-11-18-10-20(22)24-17-5-4-16(9-17)23(18)24;1-5(7)8-6(2,3)4;;;;;;/h13-24H,3-12H2,1-2H3;1-4H3;6*1H4. The van der Waals surface area contributed by atoms with Gasteiger partial charge in [0.1, 0.15) is 11.7 Å². The topological polar surface area (TPSA) is 105 Å². The summed E-state index contributed by atoms with van der Waals surface area (Å²) < 4.78 is 22.5. The minimum Gasteiger partial charge on any atom is -0.462 e. The average molecular weight is 683 g/mol. The predicted octanol–water partition coefficient (Wildman–Crippen LogP) is 9.66. The number of rotatable bonds is 7. The maximum Gasteiger partial charge on any atom is 0.312 e. The monoisotopic (exact) mass is 683 g/mol. The van der Waals surface area contributed by atoms with Crippen LogP contribution in [0.15, 0.2) is 0 Å². The number of esters is 4. The van der Waals surface area contributed by atoms with Crippen molar-refractivity contribution in [2.45, 2.75) is 168 Å². The zero-order valence-electron chi connectivity index (χ0n) is 26.3. The van der Waals surface area contributed by atoms with Crippen LogP contribution in [0.2, 0.25) is 0 Å². The molecule has 48 heavy (non-hydrogen) atoms. The summed E-state index contributed by atoms with van der Waals surface area (Å²) in [5.74, 6) is 2.49. The number of hydrogen-bond acceptors (Lipinski definition) is 8. The van der Waals surface area contributed by atoms with E-state index < -0.39 is 5.79 Å². The highest BCUT2D eigenvalue weighted by molar-refractivity contribution is 5.79. The maximum atomic E-state index is 13.1. The van der Waals surface area contributed by atoms with Crippen LogP contribution in [0.3, 0.4) is 0 Å². The van der Waals surface area contributed by atoms with Crippen LogP contribution in [0, 0.1) is 65.1 Å². The molecule has 7 rings (SSSR count). The van der Waals surface area contributed by atoms with Gasteiger partial charge >= 0.3 is 23.9 Å². The van der Waals surface area contributed by atoms with Gasteiger partial charge in [0.25, 0.3) is 5.79 Å². The van der Waals surface area contributed by atoms with Gasteiger partial charge in [-0.15, -0.1) is 0 Å². The van der Waals surface area contributed by atoms with Gasteiger partial charge in [0, 0.05) is 13.3 Å². The van der Waals surface area contributed by atoms with Gasteiger partial charge in [-0.05, 0) is 120 Å². The van der Waals surface area contributed by atoms with Crippen LogP contribution in [-0.2, 0) is 38.1 Å². The lowest BCUT2D eigenvalue weighted by Gasteiger charge is -2.38. The van der Waals surface area contributed by atoms with Gasteiger partial charge in [-0.25, -0.2) is 0 Å². The summed E-state index contributed by atoms with van der Waals surface area (Å²) in [5.41, 5.74) is -0.328. The third kappa shape index (κ3) is 8.25. The third-order valence-electron chi connectivity index (χ3n) is 11.9. The molecule has 0 radical (unpaired) electrons. The molecule has 6 saturated carbocycles.